The van der Waals surface area contributed by atoms with Gasteiger partial charge in [-0.1, -0.05) is 19.8 Å². The van der Waals surface area contributed by atoms with E-state index in [1.54, 1.807) is 0 Å². The van der Waals surface area contributed by atoms with Crippen LogP contribution >= 0.6 is 0 Å². The van der Waals surface area contributed by atoms with E-state index in [0.717, 1.165) is 24.8 Å². The van der Waals surface area contributed by atoms with Crippen LogP contribution in [-0.2, 0) is 13.6 Å². The number of imidazole rings is 1. The van der Waals surface area contributed by atoms with Crippen LogP contribution in [0.4, 0.5) is 0 Å². The van der Waals surface area contributed by atoms with Crippen molar-refractivity contribution in [3.8, 4) is 0 Å². The highest BCUT2D eigenvalue weighted by Gasteiger charge is 2.37. The Hall–Kier alpha value is -0.870. The summed E-state index contributed by atoms with van der Waals surface area (Å²) in [6.07, 6.45) is 8.93. The number of hydrogen-bond donors (Lipinski definition) is 1. The third-order valence-electron chi connectivity index (χ3n) is 4.56. The number of rotatable bonds is 4. The first-order valence-electron chi connectivity index (χ1n) is 6.95. The summed E-state index contributed by atoms with van der Waals surface area (Å²) >= 11 is 0. The summed E-state index contributed by atoms with van der Waals surface area (Å²) in [6, 6.07) is 0. The predicted octanol–water partition coefficient (Wildman–Crippen LogP) is 1.76. The van der Waals surface area contributed by atoms with E-state index in [1.807, 2.05) is 12.4 Å². The molecule has 4 heteroatoms. The summed E-state index contributed by atoms with van der Waals surface area (Å²) in [6.45, 7) is 3.98. The van der Waals surface area contributed by atoms with E-state index >= 15 is 0 Å². The van der Waals surface area contributed by atoms with Crippen molar-refractivity contribution in [3.05, 3.63) is 18.2 Å². The van der Waals surface area contributed by atoms with Gasteiger partial charge in [0, 0.05) is 31.5 Å². The maximum absolute atomic E-state index is 6.10. The summed E-state index contributed by atoms with van der Waals surface area (Å²) in [4.78, 5) is 6.84. The summed E-state index contributed by atoms with van der Waals surface area (Å²) in [5.41, 5.74) is 6.27. The Morgan fingerprint density at radius 3 is 2.94 bits per heavy atom. The van der Waals surface area contributed by atoms with E-state index in [-0.39, 0.29) is 5.54 Å². The number of aromatic nitrogens is 2. The third kappa shape index (κ3) is 2.59. The Labute approximate surface area is 110 Å². The van der Waals surface area contributed by atoms with Crippen LogP contribution in [0, 0.1) is 5.92 Å². The normalized spacial score (nSPS) is 28.8. The summed E-state index contributed by atoms with van der Waals surface area (Å²) in [5.74, 6) is 1.90. The maximum atomic E-state index is 6.10. The Morgan fingerprint density at radius 1 is 1.61 bits per heavy atom. The van der Waals surface area contributed by atoms with Crippen LogP contribution in [-0.4, -0.2) is 33.6 Å². The lowest BCUT2D eigenvalue weighted by atomic mass is 9.75. The van der Waals surface area contributed by atoms with Gasteiger partial charge in [-0.15, -0.1) is 0 Å². The minimum atomic E-state index is 0.170. The molecule has 0 saturated heterocycles. The first-order valence-corrected chi connectivity index (χ1v) is 6.95. The van der Waals surface area contributed by atoms with E-state index in [1.165, 1.54) is 25.7 Å². The van der Waals surface area contributed by atoms with Gasteiger partial charge < -0.3 is 10.3 Å². The molecule has 2 rings (SSSR count). The van der Waals surface area contributed by atoms with Gasteiger partial charge in [0.2, 0.25) is 0 Å². The maximum Gasteiger partial charge on any atom is 0.122 e. The molecule has 1 saturated carbocycles. The zero-order valence-corrected chi connectivity index (χ0v) is 11.9. The molecule has 0 bridgehead atoms. The third-order valence-corrected chi connectivity index (χ3v) is 4.56. The summed E-state index contributed by atoms with van der Waals surface area (Å²) < 4.78 is 2.09. The van der Waals surface area contributed by atoms with Crippen LogP contribution in [0.1, 0.15) is 38.4 Å². The fourth-order valence-electron chi connectivity index (χ4n) is 3.25. The molecular weight excluding hydrogens is 224 g/mol. The van der Waals surface area contributed by atoms with Gasteiger partial charge in [-0.2, -0.15) is 0 Å². The average Bonchev–Trinajstić information content (AvgIpc) is 2.75. The van der Waals surface area contributed by atoms with Gasteiger partial charge in [0.05, 0.1) is 6.54 Å². The Morgan fingerprint density at radius 2 is 2.39 bits per heavy atom. The standard InChI is InChI=1S/C14H26N4/c1-12-5-4-6-14(9-12,11-15)18(3)10-13-16-7-8-17(13)2/h7-8,12H,4-6,9-11,15H2,1-3H3. The first-order chi connectivity index (χ1) is 8.57. The molecule has 1 aromatic heterocycles. The molecule has 0 amide bonds. The van der Waals surface area contributed by atoms with Crippen LogP contribution < -0.4 is 5.73 Å². The molecule has 18 heavy (non-hydrogen) atoms. The molecule has 2 unspecified atom stereocenters. The van der Waals surface area contributed by atoms with Crippen molar-refractivity contribution >= 4 is 0 Å². The van der Waals surface area contributed by atoms with Gasteiger partial charge in [0.15, 0.2) is 0 Å². The molecule has 1 aliphatic carbocycles. The topological polar surface area (TPSA) is 47.1 Å². The molecule has 0 spiro atoms. The fraction of sp³-hybridized carbons (Fsp3) is 0.786. The van der Waals surface area contributed by atoms with Crippen LogP contribution in [0.2, 0.25) is 0 Å². The van der Waals surface area contributed by atoms with Crippen molar-refractivity contribution in [1.82, 2.24) is 14.5 Å². The lowest BCUT2D eigenvalue weighted by Crippen LogP contribution is -2.54. The molecule has 102 valence electrons. The minimum absolute atomic E-state index is 0.170. The lowest BCUT2D eigenvalue weighted by molar-refractivity contribution is 0.0528. The van der Waals surface area contributed by atoms with Gasteiger partial charge >= 0.3 is 0 Å². The second kappa shape index (κ2) is 5.41. The molecule has 1 aromatic rings. The number of nitrogens with zero attached hydrogens (tertiary/aromatic N) is 3. The van der Waals surface area contributed by atoms with E-state index in [9.17, 15) is 0 Å². The smallest absolute Gasteiger partial charge is 0.122 e. The highest BCUT2D eigenvalue weighted by molar-refractivity contribution is 4.98. The molecule has 1 heterocycles. The van der Waals surface area contributed by atoms with E-state index in [2.05, 4.69) is 35.5 Å². The molecule has 0 aliphatic heterocycles. The van der Waals surface area contributed by atoms with Crippen molar-refractivity contribution in [2.24, 2.45) is 18.7 Å². The molecule has 4 nitrogen and oxygen atoms in total. The number of nitrogens with two attached hydrogens (primary N) is 1. The summed E-state index contributed by atoms with van der Waals surface area (Å²) in [5, 5.41) is 0. The molecule has 0 aromatic carbocycles. The van der Waals surface area contributed by atoms with Gasteiger partial charge in [0.1, 0.15) is 5.82 Å². The zero-order chi connectivity index (χ0) is 13.2. The van der Waals surface area contributed by atoms with Crippen molar-refractivity contribution in [3.63, 3.8) is 0 Å². The number of hydrogen-bond acceptors (Lipinski definition) is 3. The average molecular weight is 250 g/mol. The molecule has 2 atom stereocenters. The number of aryl methyl sites for hydroxylation is 1. The second-order valence-corrected chi connectivity index (χ2v) is 5.94. The van der Waals surface area contributed by atoms with E-state index < -0.39 is 0 Å². The van der Waals surface area contributed by atoms with Crippen LogP contribution in [0.3, 0.4) is 0 Å². The number of likely N-dealkylation sites (N-methyl/N-ethyl adjacent to an activating group) is 1. The molecule has 1 aliphatic rings. The van der Waals surface area contributed by atoms with Crippen molar-refractivity contribution in [2.75, 3.05) is 13.6 Å². The molecule has 1 fully saturated rings. The second-order valence-electron chi connectivity index (χ2n) is 5.94. The highest BCUT2D eigenvalue weighted by atomic mass is 15.2. The Balaban J connectivity index is 2.09. The van der Waals surface area contributed by atoms with Gasteiger partial charge in [-0.25, -0.2) is 4.98 Å². The van der Waals surface area contributed by atoms with Crippen molar-refractivity contribution < 1.29 is 0 Å². The van der Waals surface area contributed by atoms with E-state index in [4.69, 9.17) is 5.73 Å². The van der Waals surface area contributed by atoms with Crippen LogP contribution in [0.25, 0.3) is 0 Å². The van der Waals surface area contributed by atoms with Gasteiger partial charge in [-0.3, -0.25) is 4.90 Å². The largest absolute Gasteiger partial charge is 0.337 e. The zero-order valence-electron chi connectivity index (χ0n) is 11.9. The first kappa shape index (κ1) is 13.6. The lowest BCUT2D eigenvalue weighted by Gasteiger charge is -2.46. The molecule has 2 N–H and O–H groups in total. The van der Waals surface area contributed by atoms with Gasteiger partial charge in [-0.05, 0) is 25.8 Å². The quantitative estimate of drug-likeness (QED) is 0.886. The molecule has 0 radical (unpaired) electrons. The highest BCUT2D eigenvalue weighted by Crippen LogP contribution is 2.36. The predicted molar refractivity (Wildman–Crippen MR) is 74.1 cm³/mol. The Kier molecular flexibility index (Phi) is 4.07. The van der Waals surface area contributed by atoms with E-state index in [0.29, 0.717) is 0 Å². The summed E-state index contributed by atoms with van der Waals surface area (Å²) in [7, 11) is 4.24. The SMILES string of the molecule is CC1CCCC(CN)(N(C)Cc2nccn2C)C1. The fourth-order valence-corrected chi connectivity index (χ4v) is 3.25. The molecular formula is C14H26N4. The van der Waals surface area contributed by atoms with Gasteiger partial charge in [0.25, 0.3) is 0 Å². The monoisotopic (exact) mass is 250 g/mol. The van der Waals surface area contributed by atoms with Crippen molar-refractivity contribution in [2.45, 2.75) is 44.7 Å². The Bertz CT molecular complexity index is 387. The van der Waals surface area contributed by atoms with Crippen molar-refractivity contribution in [1.29, 1.82) is 0 Å². The van der Waals surface area contributed by atoms with Crippen LogP contribution in [0.15, 0.2) is 12.4 Å². The minimum Gasteiger partial charge on any atom is -0.337 e. The van der Waals surface area contributed by atoms with Crippen LogP contribution in [0.5, 0.6) is 0 Å².